The Morgan fingerprint density at radius 1 is 1.50 bits per heavy atom. The van der Waals surface area contributed by atoms with Gasteiger partial charge in [0.15, 0.2) is 0 Å². The third kappa shape index (κ3) is 3.41. The van der Waals surface area contributed by atoms with Crippen LogP contribution in [0.25, 0.3) is 0 Å². The van der Waals surface area contributed by atoms with Gasteiger partial charge in [-0.3, -0.25) is 0 Å². The van der Waals surface area contributed by atoms with Crippen molar-refractivity contribution < 1.29 is 13.2 Å². The SMILES string of the molecule is CNCc1cc(S(=O)(=O)NC2(C)CCCOC2)cn1C. The predicted octanol–water partition coefficient (Wildman–Crippen LogP) is 0.592. The minimum atomic E-state index is -3.52. The molecule has 0 bridgehead atoms. The fourth-order valence-electron chi connectivity index (χ4n) is 2.48. The number of aromatic nitrogens is 1. The van der Waals surface area contributed by atoms with Crippen LogP contribution in [0.2, 0.25) is 0 Å². The average Bonchev–Trinajstić information content (AvgIpc) is 2.72. The first kappa shape index (κ1) is 15.5. The van der Waals surface area contributed by atoms with Gasteiger partial charge in [-0.15, -0.1) is 0 Å². The summed E-state index contributed by atoms with van der Waals surface area (Å²) in [5, 5.41) is 3.02. The smallest absolute Gasteiger partial charge is 0.242 e. The van der Waals surface area contributed by atoms with E-state index in [4.69, 9.17) is 4.74 Å². The lowest BCUT2D eigenvalue weighted by Gasteiger charge is -2.33. The summed E-state index contributed by atoms with van der Waals surface area (Å²) in [6.45, 7) is 3.64. The molecule has 0 saturated carbocycles. The minimum absolute atomic E-state index is 0.303. The van der Waals surface area contributed by atoms with Crippen molar-refractivity contribution in [2.45, 2.75) is 36.7 Å². The maximum Gasteiger partial charge on any atom is 0.242 e. The van der Waals surface area contributed by atoms with Gasteiger partial charge in [0.2, 0.25) is 10.0 Å². The van der Waals surface area contributed by atoms with Gasteiger partial charge in [0.25, 0.3) is 0 Å². The Morgan fingerprint density at radius 2 is 2.25 bits per heavy atom. The Bertz CT molecular complexity index is 559. The Balaban J connectivity index is 2.19. The van der Waals surface area contributed by atoms with Crippen molar-refractivity contribution in [1.82, 2.24) is 14.6 Å². The number of hydrogen-bond acceptors (Lipinski definition) is 4. The summed E-state index contributed by atoms with van der Waals surface area (Å²) in [6.07, 6.45) is 3.31. The Hall–Kier alpha value is -0.890. The molecule has 20 heavy (non-hydrogen) atoms. The summed E-state index contributed by atoms with van der Waals surface area (Å²) in [5.74, 6) is 0. The lowest BCUT2D eigenvalue weighted by atomic mass is 9.97. The number of sulfonamides is 1. The number of ether oxygens (including phenoxy) is 1. The van der Waals surface area contributed by atoms with Crippen molar-refractivity contribution >= 4 is 10.0 Å². The zero-order valence-corrected chi connectivity index (χ0v) is 13.1. The molecule has 1 saturated heterocycles. The van der Waals surface area contributed by atoms with Crippen molar-refractivity contribution in [1.29, 1.82) is 0 Å². The van der Waals surface area contributed by atoms with Crippen LogP contribution in [0, 0.1) is 0 Å². The molecule has 1 aromatic heterocycles. The zero-order chi connectivity index (χ0) is 14.8. The third-order valence-corrected chi connectivity index (χ3v) is 5.18. The van der Waals surface area contributed by atoms with E-state index in [9.17, 15) is 8.42 Å². The van der Waals surface area contributed by atoms with E-state index in [-0.39, 0.29) is 0 Å². The zero-order valence-electron chi connectivity index (χ0n) is 12.3. The monoisotopic (exact) mass is 301 g/mol. The van der Waals surface area contributed by atoms with Crippen molar-refractivity contribution in [3.8, 4) is 0 Å². The van der Waals surface area contributed by atoms with Crippen molar-refractivity contribution in [3.63, 3.8) is 0 Å². The molecule has 0 spiro atoms. The first-order chi connectivity index (χ1) is 9.36. The van der Waals surface area contributed by atoms with E-state index in [0.717, 1.165) is 18.5 Å². The third-order valence-electron chi connectivity index (χ3n) is 3.57. The minimum Gasteiger partial charge on any atom is -0.380 e. The molecular formula is C13H23N3O3S. The van der Waals surface area contributed by atoms with E-state index in [2.05, 4.69) is 10.0 Å². The first-order valence-electron chi connectivity index (χ1n) is 6.78. The summed E-state index contributed by atoms with van der Waals surface area (Å²) in [5.41, 5.74) is 0.411. The van der Waals surface area contributed by atoms with Crippen LogP contribution in [-0.2, 0) is 28.4 Å². The van der Waals surface area contributed by atoms with Gasteiger partial charge < -0.3 is 14.6 Å². The van der Waals surface area contributed by atoms with E-state index in [1.54, 1.807) is 12.3 Å². The second kappa shape index (κ2) is 5.85. The van der Waals surface area contributed by atoms with Gasteiger partial charge in [0.1, 0.15) is 0 Å². The molecule has 1 aromatic rings. The largest absolute Gasteiger partial charge is 0.380 e. The predicted molar refractivity (Wildman–Crippen MR) is 77.0 cm³/mol. The molecule has 7 heteroatoms. The lowest BCUT2D eigenvalue weighted by Crippen LogP contribution is -2.51. The lowest BCUT2D eigenvalue weighted by molar-refractivity contribution is 0.0386. The maximum atomic E-state index is 12.5. The van der Waals surface area contributed by atoms with Gasteiger partial charge in [-0.05, 0) is 32.9 Å². The van der Waals surface area contributed by atoms with Crippen LogP contribution in [0.4, 0.5) is 0 Å². The fraction of sp³-hybridized carbons (Fsp3) is 0.692. The van der Waals surface area contributed by atoms with Gasteiger partial charge in [-0.25, -0.2) is 13.1 Å². The van der Waals surface area contributed by atoms with Crippen molar-refractivity contribution in [2.75, 3.05) is 20.3 Å². The Kier molecular flexibility index (Phi) is 4.53. The molecule has 1 atom stereocenters. The average molecular weight is 301 g/mol. The van der Waals surface area contributed by atoms with Crippen LogP contribution < -0.4 is 10.0 Å². The van der Waals surface area contributed by atoms with Crippen LogP contribution in [-0.4, -0.2) is 38.8 Å². The number of rotatable bonds is 5. The summed E-state index contributed by atoms with van der Waals surface area (Å²) < 4.78 is 35.0. The molecule has 1 unspecified atom stereocenters. The van der Waals surface area contributed by atoms with E-state index in [0.29, 0.717) is 24.7 Å². The molecule has 1 aliphatic rings. The highest BCUT2D eigenvalue weighted by Crippen LogP contribution is 2.22. The number of nitrogens with zero attached hydrogens (tertiary/aromatic N) is 1. The molecule has 2 heterocycles. The molecule has 0 amide bonds. The molecule has 0 aliphatic carbocycles. The van der Waals surface area contributed by atoms with Crippen LogP contribution in [0.15, 0.2) is 17.2 Å². The van der Waals surface area contributed by atoms with Gasteiger partial charge in [0, 0.05) is 32.1 Å². The molecule has 0 aromatic carbocycles. The van der Waals surface area contributed by atoms with Crippen molar-refractivity contribution in [2.24, 2.45) is 7.05 Å². The second-order valence-electron chi connectivity index (χ2n) is 5.63. The quantitative estimate of drug-likeness (QED) is 0.835. The van der Waals surface area contributed by atoms with E-state index >= 15 is 0 Å². The van der Waals surface area contributed by atoms with Crippen LogP contribution in [0.1, 0.15) is 25.5 Å². The topological polar surface area (TPSA) is 72.4 Å². The van der Waals surface area contributed by atoms with E-state index in [1.807, 2.05) is 25.6 Å². The Labute approximate surface area is 120 Å². The van der Waals surface area contributed by atoms with Gasteiger partial charge >= 0.3 is 0 Å². The fourth-order valence-corrected chi connectivity index (χ4v) is 3.99. The number of hydrogen-bond donors (Lipinski definition) is 2. The molecule has 0 radical (unpaired) electrons. The summed E-state index contributed by atoms with van der Waals surface area (Å²) in [4.78, 5) is 0.303. The summed E-state index contributed by atoms with van der Waals surface area (Å²) in [6, 6.07) is 1.70. The highest BCUT2D eigenvalue weighted by atomic mass is 32.2. The molecule has 1 fully saturated rings. The van der Waals surface area contributed by atoms with E-state index in [1.165, 1.54) is 0 Å². The summed E-state index contributed by atoms with van der Waals surface area (Å²) in [7, 11) is 0.161. The van der Waals surface area contributed by atoms with Crippen molar-refractivity contribution in [3.05, 3.63) is 18.0 Å². The molecule has 6 nitrogen and oxygen atoms in total. The van der Waals surface area contributed by atoms with Crippen LogP contribution in [0.5, 0.6) is 0 Å². The number of nitrogens with one attached hydrogen (secondary N) is 2. The molecule has 1 aliphatic heterocycles. The first-order valence-corrected chi connectivity index (χ1v) is 8.26. The summed E-state index contributed by atoms with van der Waals surface area (Å²) >= 11 is 0. The molecule has 2 rings (SSSR count). The second-order valence-corrected chi connectivity index (χ2v) is 7.31. The van der Waals surface area contributed by atoms with Gasteiger partial charge in [0.05, 0.1) is 17.0 Å². The highest BCUT2D eigenvalue weighted by Gasteiger charge is 2.33. The molecular weight excluding hydrogens is 278 g/mol. The molecule has 114 valence electrons. The van der Waals surface area contributed by atoms with E-state index < -0.39 is 15.6 Å². The molecule has 2 N–H and O–H groups in total. The maximum absolute atomic E-state index is 12.5. The standard InChI is InChI=1S/C13H23N3O3S/c1-13(5-4-6-19-10-13)15-20(17,18)12-7-11(8-14-2)16(3)9-12/h7,9,14-15H,4-6,8,10H2,1-3H3. The number of aryl methyl sites for hydroxylation is 1. The van der Waals surface area contributed by atoms with Gasteiger partial charge in [-0.1, -0.05) is 0 Å². The van der Waals surface area contributed by atoms with Crippen LogP contribution in [0.3, 0.4) is 0 Å². The van der Waals surface area contributed by atoms with Crippen LogP contribution >= 0.6 is 0 Å². The Morgan fingerprint density at radius 3 is 2.85 bits per heavy atom. The normalized spacial score (nSPS) is 23.9. The van der Waals surface area contributed by atoms with Gasteiger partial charge in [-0.2, -0.15) is 0 Å². The highest BCUT2D eigenvalue weighted by molar-refractivity contribution is 7.89.